The van der Waals surface area contributed by atoms with E-state index < -0.39 is 11.7 Å². The van der Waals surface area contributed by atoms with E-state index in [-0.39, 0.29) is 4.64 Å². The Morgan fingerprint density at radius 3 is 2.74 bits per heavy atom. The highest BCUT2D eigenvalue weighted by molar-refractivity contribution is 7.71. The summed E-state index contributed by atoms with van der Waals surface area (Å²) in [5.74, 6) is 0. The van der Waals surface area contributed by atoms with E-state index in [1.54, 1.807) is 10.9 Å². The maximum Gasteiger partial charge on any atom is 0.416 e. The lowest BCUT2D eigenvalue weighted by atomic mass is 10.1. The van der Waals surface area contributed by atoms with Gasteiger partial charge in [-0.05, 0) is 18.6 Å². The summed E-state index contributed by atoms with van der Waals surface area (Å²) < 4.78 is 39.9. The summed E-state index contributed by atoms with van der Waals surface area (Å²) >= 11 is 4.83. The molecule has 0 bridgehead atoms. The first kappa shape index (κ1) is 13.8. The minimum Gasteiger partial charge on any atom is -0.346 e. The van der Waals surface area contributed by atoms with Crippen molar-refractivity contribution in [3.63, 3.8) is 0 Å². The van der Waals surface area contributed by atoms with Crippen molar-refractivity contribution in [1.82, 2.24) is 14.8 Å². The van der Waals surface area contributed by atoms with Crippen LogP contribution in [0.2, 0.25) is 0 Å². The molecule has 19 heavy (non-hydrogen) atoms. The molecule has 0 aliphatic carbocycles. The van der Waals surface area contributed by atoms with Gasteiger partial charge < -0.3 is 4.98 Å². The van der Waals surface area contributed by atoms with Crippen molar-refractivity contribution in [1.29, 1.82) is 0 Å². The van der Waals surface area contributed by atoms with Crippen LogP contribution in [-0.4, -0.2) is 14.8 Å². The lowest BCUT2D eigenvalue weighted by Gasteiger charge is -2.08. The second-order valence-electron chi connectivity index (χ2n) is 4.14. The third-order valence-electron chi connectivity index (χ3n) is 2.57. The summed E-state index contributed by atoms with van der Waals surface area (Å²) in [6.07, 6.45) is -0.281. The highest BCUT2D eigenvalue weighted by Gasteiger charge is 2.31. The molecule has 0 saturated heterocycles. The van der Waals surface area contributed by atoms with Gasteiger partial charge >= 0.3 is 6.18 Å². The zero-order valence-electron chi connectivity index (χ0n) is 10.2. The fourth-order valence-corrected chi connectivity index (χ4v) is 1.95. The van der Waals surface area contributed by atoms with Gasteiger partial charge in [0.1, 0.15) is 4.64 Å². The number of alkyl halides is 3. The Hall–Kier alpha value is -1.63. The van der Waals surface area contributed by atoms with Crippen LogP contribution >= 0.6 is 12.2 Å². The molecule has 0 amide bonds. The number of nitrogens with one attached hydrogen (secondary N) is 1. The average molecular weight is 287 g/mol. The number of nitrogens with zero attached hydrogens (tertiary/aromatic N) is 2. The van der Waals surface area contributed by atoms with Gasteiger partial charge in [0, 0.05) is 18.3 Å². The summed E-state index contributed by atoms with van der Waals surface area (Å²) in [5, 5.41) is 4.09. The first-order valence-corrected chi connectivity index (χ1v) is 6.15. The van der Waals surface area contributed by atoms with Gasteiger partial charge in [-0.1, -0.05) is 19.1 Å². The molecule has 0 radical (unpaired) electrons. The number of aromatic amines is 1. The van der Waals surface area contributed by atoms with E-state index in [1.807, 2.05) is 6.92 Å². The van der Waals surface area contributed by atoms with E-state index in [0.29, 0.717) is 11.3 Å². The van der Waals surface area contributed by atoms with E-state index in [2.05, 4.69) is 10.1 Å². The number of rotatable bonds is 3. The van der Waals surface area contributed by atoms with Crippen LogP contribution in [0.4, 0.5) is 13.2 Å². The zero-order valence-corrected chi connectivity index (χ0v) is 11.0. The average Bonchev–Trinajstić information content (AvgIpc) is 2.76. The molecule has 0 unspecified atom stereocenters. The van der Waals surface area contributed by atoms with E-state index >= 15 is 0 Å². The highest BCUT2D eigenvalue weighted by atomic mass is 32.1. The van der Waals surface area contributed by atoms with Gasteiger partial charge in [0.15, 0.2) is 0 Å². The van der Waals surface area contributed by atoms with Crippen molar-refractivity contribution in [2.45, 2.75) is 26.1 Å². The van der Waals surface area contributed by atoms with Crippen LogP contribution in [0.5, 0.6) is 0 Å². The predicted molar refractivity (Wildman–Crippen MR) is 68.1 cm³/mol. The number of halogens is 3. The molecular formula is C12H12F3N3S. The standard InChI is InChI=1S/C12H12F3N3S/c1-2-3-18-7-8(6-16-18)10-4-9(12(13,14)15)5-11(19)17-10/h4-7H,2-3H2,1H3,(H,17,19). The molecule has 0 fully saturated rings. The minimum atomic E-state index is -4.41. The third-order valence-corrected chi connectivity index (χ3v) is 2.79. The molecule has 0 aliphatic heterocycles. The van der Waals surface area contributed by atoms with Crippen molar-refractivity contribution in [3.05, 3.63) is 34.7 Å². The second-order valence-corrected chi connectivity index (χ2v) is 4.58. The monoisotopic (exact) mass is 287 g/mol. The lowest BCUT2D eigenvalue weighted by molar-refractivity contribution is -0.137. The molecule has 1 N–H and O–H groups in total. The number of hydrogen-bond acceptors (Lipinski definition) is 2. The Bertz CT molecular complexity index is 628. The van der Waals surface area contributed by atoms with Crippen molar-refractivity contribution < 1.29 is 13.2 Å². The summed E-state index contributed by atoms with van der Waals surface area (Å²) in [6, 6.07) is 1.96. The molecule has 2 heterocycles. The quantitative estimate of drug-likeness (QED) is 0.864. The molecule has 3 nitrogen and oxygen atoms in total. The van der Waals surface area contributed by atoms with Crippen LogP contribution in [0.3, 0.4) is 0 Å². The normalized spacial score (nSPS) is 11.8. The zero-order chi connectivity index (χ0) is 14.0. The van der Waals surface area contributed by atoms with Crippen LogP contribution in [-0.2, 0) is 12.7 Å². The van der Waals surface area contributed by atoms with Crippen molar-refractivity contribution in [2.75, 3.05) is 0 Å². The lowest BCUT2D eigenvalue weighted by Crippen LogP contribution is -2.05. The number of pyridine rings is 1. The van der Waals surface area contributed by atoms with E-state index in [0.717, 1.165) is 25.1 Å². The topological polar surface area (TPSA) is 33.6 Å². The number of aromatic nitrogens is 3. The Morgan fingerprint density at radius 1 is 1.37 bits per heavy atom. The fraction of sp³-hybridized carbons (Fsp3) is 0.333. The summed E-state index contributed by atoms with van der Waals surface area (Å²) in [7, 11) is 0. The first-order valence-electron chi connectivity index (χ1n) is 5.74. The molecule has 0 spiro atoms. The predicted octanol–water partition coefficient (Wildman–Crippen LogP) is 4.04. The van der Waals surface area contributed by atoms with Crippen LogP contribution in [0.1, 0.15) is 18.9 Å². The molecular weight excluding hydrogens is 275 g/mol. The molecule has 0 aliphatic rings. The molecule has 2 aromatic heterocycles. The van der Waals surface area contributed by atoms with Crippen LogP contribution in [0, 0.1) is 4.64 Å². The molecule has 0 saturated carbocycles. The third kappa shape index (κ3) is 3.23. The Kier molecular flexibility index (Phi) is 3.75. The molecule has 2 rings (SSSR count). The van der Waals surface area contributed by atoms with Crippen molar-refractivity contribution >= 4 is 12.2 Å². The van der Waals surface area contributed by atoms with Gasteiger partial charge in [-0.3, -0.25) is 4.68 Å². The van der Waals surface area contributed by atoms with Gasteiger partial charge in [0.05, 0.1) is 17.5 Å². The van der Waals surface area contributed by atoms with Gasteiger partial charge in [-0.2, -0.15) is 18.3 Å². The first-order chi connectivity index (χ1) is 8.90. The second kappa shape index (κ2) is 5.16. The summed E-state index contributed by atoms with van der Waals surface area (Å²) in [5.41, 5.74) is 0.155. The van der Waals surface area contributed by atoms with Gasteiger partial charge in [0.25, 0.3) is 0 Å². The van der Waals surface area contributed by atoms with E-state index in [4.69, 9.17) is 12.2 Å². The minimum absolute atomic E-state index is 0.0491. The van der Waals surface area contributed by atoms with Gasteiger partial charge in [0.2, 0.25) is 0 Å². The Balaban J connectivity index is 2.44. The molecule has 0 atom stereocenters. The summed E-state index contributed by atoms with van der Waals surface area (Å²) in [4.78, 5) is 2.75. The molecule has 7 heteroatoms. The number of hydrogen-bond donors (Lipinski definition) is 1. The smallest absolute Gasteiger partial charge is 0.346 e. The maximum absolute atomic E-state index is 12.7. The van der Waals surface area contributed by atoms with Gasteiger partial charge in [-0.25, -0.2) is 0 Å². The molecule has 0 aromatic carbocycles. The molecule has 102 valence electrons. The number of aryl methyl sites for hydroxylation is 1. The fourth-order valence-electron chi connectivity index (χ4n) is 1.72. The molecule has 2 aromatic rings. The van der Waals surface area contributed by atoms with Crippen molar-refractivity contribution in [2.24, 2.45) is 0 Å². The van der Waals surface area contributed by atoms with E-state index in [1.165, 1.54) is 6.20 Å². The van der Waals surface area contributed by atoms with Crippen molar-refractivity contribution in [3.8, 4) is 11.3 Å². The van der Waals surface area contributed by atoms with Crippen LogP contribution in [0.25, 0.3) is 11.3 Å². The SMILES string of the molecule is CCCn1cc(-c2cc(C(F)(F)F)cc(=S)[nH]2)cn1. The number of H-pyrrole nitrogens is 1. The Morgan fingerprint density at radius 2 is 2.11 bits per heavy atom. The Labute approximate surface area is 113 Å². The summed E-state index contributed by atoms with van der Waals surface area (Å²) in [6.45, 7) is 2.72. The maximum atomic E-state index is 12.7. The van der Waals surface area contributed by atoms with Gasteiger partial charge in [-0.15, -0.1) is 0 Å². The van der Waals surface area contributed by atoms with Crippen LogP contribution < -0.4 is 0 Å². The van der Waals surface area contributed by atoms with Crippen LogP contribution in [0.15, 0.2) is 24.5 Å². The largest absolute Gasteiger partial charge is 0.416 e. The highest BCUT2D eigenvalue weighted by Crippen LogP contribution is 2.31. The van der Waals surface area contributed by atoms with E-state index in [9.17, 15) is 13.2 Å².